The number of nitrogen functional groups attached to an aromatic ring is 1. The molecule has 7 heteroatoms. The van der Waals surface area contributed by atoms with Crippen LogP contribution in [0.3, 0.4) is 0 Å². The number of anilines is 1. The van der Waals surface area contributed by atoms with Gasteiger partial charge in [0.15, 0.2) is 0 Å². The van der Waals surface area contributed by atoms with Crippen LogP contribution < -0.4 is 16.6 Å². The summed E-state index contributed by atoms with van der Waals surface area (Å²) in [5.74, 6) is 0.0913. The molecular formula is C23H31N5O2. The van der Waals surface area contributed by atoms with Gasteiger partial charge in [0.25, 0.3) is 11.5 Å². The summed E-state index contributed by atoms with van der Waals surface area (Å²) in [6.45, 7) is 4.31. The van der Waals surface area contributed by atoms with Gasteiger partial charge in [0, 0.05) is 17.8 Å². The third-order valence-electron chi connectivity index (χ3n) is 5.42. The van der Waals surface area contributed by atoms with Gasteiger partial charge >= 0.3 is 0 Å². The second-order valence-corrected chi connectivity index (χ2v) is 7.79. The van der Waals surface area contributed by atoms with Crippen molar-refractivity contribution < 1.29 is 4.79 Å². The highest BCUT2D eigenvalue weighted by Gasteiger charge is 2.13. The fourth-order valence-corrected chi connectivity index (χ4v) is 3.78. The van der Waals surface area contributed by atoms with E-state index in [0.29, 0.717) is 23.0 Å². The molecule has 0 aliphatic heterocycles. The second kappa shape index (κ2) is 10.1. The number of fused-ring (bicyclic) bond motifs is 1. The van der Waals surface area contributed by atoms with E-state index in [1.54, 1.807) is 6.20 Å². The molecule has 7 nitrogen and oxygen atoms in total. The molecule has 1 atom stereocenters. The zero-order valence-corrected chi connectivity index (χ0v) is 17.8. The molecule has 160 valence electrons. The van der Waals surface area contributed by atoms with E-state index in [-0.39, 0.29) is 23.5 Å². The molecule has 3 rings (SSSR count). The van der Waals surface area contributed by atoms with Crippen LogP contribution in [0.4, 0.5) is 5.95 Å². The molecule has 3 aromatic rings. The summed E-state index contributed by atoms with van der Waals surface area (Å²) in [6.07, 6.45) is 8.61. The number of hydrogen-bond donors (Lipinski definition) is 4. The molecule has 5 N–H and O–H groups in total. The molecule has 0 radical (unpaired) electrons. The third kappa shape index (κ3) is 5.28. The number of H-pyrrole nitrogens is 2. The number of aryl methyl sites for hydroxylation is 2. The topological polar surface area (TPSA) is 117 Å². The predicted molar refractivity (Wildman–Crippen MR) is 121 cm³/mol. The first kappa shape index (κ1) is 21.6. The van der Waals surface area contributed by atoms with Crippen molar-refractivity contribution in [1.29, 1.82) is 0 Å². The first-order chi connectivity index (χ1) is 14.5. The number of amides is 1. The van der Waals surface area contributed by atoms with E-state index in [0.717, 1.165) is 49.7 Å². The lowest BCUT2D eigenvalue weighted by Crippen LogP contribution is -2.34. The zero-order chi connectivity index (χ0) is 21.5. The summed E-state index contributed by atoms with van der Waals surface area (Å²) in [4.78, 5) is 34.4. The SMILES string of the molecule is CCCCC(CCC)NC(=O)c1ccc(CCc2c[nH]c3nc(N)[nH]c(=O)c23)cc1. The number of carbonyl (C=O) groups excluding carboxylic acids is 1. The van der Waals surface area contributed by atoms with E-state index in [1.807, 2.05) is 24.3 Å². The van der Waals surface area contributed by atoms with Crippen molar-refractivity contribution in [2.24, 2.45) is 0 Å². The van der Waals surface area contributed by atoms with Crippen LogP contribution in [0.1, 0.15) is 67.4 Å². The Balaban J connectivity index is 1.62. The quantitative estimate of drug-likeness (QED) is 0.408. The second-order valence-electron chi connectivity index (χ2n) is 7.79. The third-order valence-corrected chi connectivity index (χ3v) is 5.42. The fourth-order valence-electron chi connectivity index (χ4n) is 3.78. The van der Waals surface area contributed by atoms with Crippen molar-refractivity contribution in [2.45, 2.75) is 64.8 Å². The Hall–Kier alpha value is -3.09. The maximum Gasteiger partial charge on any atom is 0.262 e. The molecule has 0 bridgehead atoms. The summed E-state index contributed by atoms with van der Waals surface area (Å²) in [7, 11) is 0. The highest BCUT2D eigenvalue weighted by atomic mass is 16.1. The minimum absolute atomic E-state index is 0.0112. The number of unbranched alkanes of at least 4 members (excludes halogenated alkanes) is 1. The van der Waals surface area contributed by atoms with E-state index < -0.39 is 0 Å². The molecule has 2 aromatic heterocycles. The normalized spacial score (nSPS) is 12.2. The number of carbonyl (C=O) groups is 1. The first-order valence-electron chi connectivity index (χ1n) is 10.8. The van der Waals surface area contributed by atoms with Crippen LogP contribution in [0.2, 0.25) is 0 Å². The van der Waals surface area contributed by atoms with Gasteiger partial charge in [-0.15, -0.1) is 0 Å². The average Bonchev–Trinajstić information content (AvgIpc) is 3.14. The molecule has 1 unspecified atom stereocenters. The number of nitrogens with zero attached hydrogens (tertiary/aromatic N) is 1. The van der Waals surface area contributed by atoms with Crippen LogP contribution in [-0.2, 0) is 12.8 Å². The number of benzene rings is 1. The van der Waals surface area contributed by atoms with Crippen LogP contribution in [0.15, 0.2) is 35.3 Å². The van der Waals surface area contributed by atoms with Crippen LogP contribution in [-0.4, -0.2) is 26.9 Å². The van der Waals surface area contributed by atoms with Crippen LogP contribution in [0, 0.1) is 0 Å². The van der Waals surface area contributed by atoms with Gasteiger partial charge in [-0.25, -0.2) is 0 Å². The van der Waals surface area contributed by atoms with Crippen LogP contribution >= 0.6 is 0 Å². The van der Waals surface area contributed by atoms with E-state index in [9.17, 15) is 9.59 Å². The average molecular weight is 410 g/mol. The van der Waals surface area contributed by atoms with Gasteiger partial charge < -0.3 is 16.0 Å². The molecule has 0 aliphatic carbocycles. The van der Waals surface area contributed by atoms with E-state index in [4.69, 9.17) is 5.73 Å². The molecule has 0 saturated heterocycles. The molecule has 0 saturated carbocycles. The highest BCUT2D eigenvalue weighted by molar-refractivity contribution is 5.94. The summed E-state index contributed by atoms with van der Waals surface area (Å²) >= 11 is 0. The smallest absolute Gasteiger partial charge is 0.262 e. The lowest BCUT2D eigenvalue weighted by molar-refractivity contribution is 0.0932. The van der Waals surface area contributed by atoms with E-state index >= 15 is 0 Å². The van der Waals surface area contributed by atoms with Crippen LogP contribution in [0.5, 0.6) is 0 Å². The molecule has 0 fully saturated rings. The van der Waals surface area contributed by atoms with Crippen molar-refractivity contribution in [3.8, 4) is 0 Å². The standard InChI is InChI=1S/C23H31N5O2/c1-3-5-7-18(6-4-2)26-21(29)16-11-8-15(9-12-16)10-13-17-14-25-20-19(17)22(30)28-23(24)27-20/h8-9,11-12,14,18H,3-7,10,13H2,1-2H3,(H,26,29)(H4,24,25,27,28,30). The lowest BCUT2D eigenvalue weighted by atomic mass is 10.0. The molecule has 30 heavy (non-hydrogen) atoms. The maximum absolute atomic E-state index is 12.6. The summed E-state index contributed by atoms with van der Waals surface area (Å²) in [6, 6.07) is 7.94. The number of aromatic amines is 2. The van der Waals surface area contributed by atoms with Crippen molar-refractivity contribution in [2.75, 3.05) is 5.73 Å². The van der Waals surface area contributed by atoms with Crippen molar-refractivity contribution >= 4 is 22.9 Å². The maximum atomic E-state index is 12.6. The largest absolute Gasteiger partial charge is 0.369 e. The number of hydrogen-bond acceptors (Lipinski definition) is 4. The number of rotatable bonds is 10. The number of nitrogens with one attached hydrogen (secondary N) is 3. The fraction of sp³-hybridized carbons (Fsp3) is 0.435. The van der Waals surface area contributed by atoms with Crippen molar-refractivity contribution in [3.05, 3.63) is 57.5 Å². The Morgan fingerprint density at radius 1 is 1.13 bits per heavy atom. The van der Waals surface area contributed by atoms with Gasteiger partial charge in [-0.05, 0) is 48.9 Å². The minimum Gasteiger partial charge on any atom is -0.369 e. The molecule has 0 aliphatic rings. The predicted octanol–water partition coefficient (Wildman–Crippen LogP) is 3.71. The van der Waals surface area contributed by atoms with Gasteiger partial charge in [-0.2, -0.15) is 4.98 Å². The summed E-state index contributed by atoms with van der Waals surface area (Å²) < 4.78 is 0. The Labute approximate surface area is 176 Å². The lowest BCUT2D eigenvalue weighted by Gasteiger charge is -2.18. The molecule has 1 amide bonds. The minimum atomic E-state index is -0.231. The van der Waals surface area contributed by atoms with Gasteiger partial charge in [0.05, 0.1) is 5.39 Å². The van der Waals surface area contributed by atoms with E-state index in [1.165, 1.54) is 0 Å². The number of nitrogens with two attached hydrogens (primary N) is 1. The monoisotopic (exact) mass is 409 g/mol. The van der Waals surface area contributed by atoms with Gasteiger partial charge in [-0.1, -0.05) is 45.2 Å². The summed E-state index contributed by atoms with van der Waals surface area (Å²) in [5, 5.41) is 3.73. The Bertz CT molecular complexity index is 1040. The highest BCUT2D eigenvalue weighted by Crippen LogP contribution is 2.16. The number of aromatic nitrogens is 3. The molecule has 2 heterocycles. The molecule has 0 spiro atoms. The van der Waals surface area contributed by atoms with Crippen LogP contribution in [0.25, 0.3) is 11.0 Å². The van der Waals surface area contributed by atoms with Gasteiger partial charge in [-0.3, -0.25) is 14.6 Å². The van der Waals surface area contributed by atoms with Crippen molar-refractivity contribution in [1.82, 2.24) is 20.3 Å². The first-order valence-corrected chi connectivity index (χ1v) is 10.8. The Morgan fingerprint density at radius 2 is 1.90 bits per heavy atom. The Morgan fingerprint density at radius 3 is 2.60 bits per heavy atom. The van der Waals surface area contributed by atoms with Crippen molar-refractivity contribution in [3.63, 3.8) is 0 Å². The summed E-state index contributed by atoms with van der Waals surface area (Å²) in [5.41, 5.74) is 8.55. The zero-order valence-electron chi connectivity index (χ0n) is 17.8. The molecular weight excluding hydrogens is 378 g/mol. The molecule has 1 aromatic carbocycles. The van der Waals surface area contributed by atoms with E-state index in [2.05, 4.69) is 34.1 Å². The van der Waals surface area contributed by atoms with Gasteiger partial charge in [0.1, 0.15) is 5.65 Å². The Kier molecular flexibility index (Phi) is 7.27. The van der Waals surface area contributed by atoms with Gasteiger partial charge in [0.2, 0.25) is 5.95 Å².